The monoisotopic (exact) mass is 430 g/mol. The molecule has 1 aliphatic rings. The summed E-state index contributed by atoms with van der Waals surface area (Å²) in [6.45, 7) is 0. The first kappa shape index (κ1) is 20.3. The van der Waals surface area contributed by atoms with Gasteiger partial charge >= 0.3 is 0 Å². The molecule has 0 unspecified atom stereocenters. The standard InChI is InChI=1S/C22H21ClF2N4O/c23-13-1-6-18-19(9-13)29-21(26)11-20(18)27-16-2-4-17(5-3-16)28-22(30)12-7-14(24)10-15(25)8-12/h1,6-11,16-17H,2-5H2,(H,28,30)(H3,26,27,29). The van der Waals surface area contributed by atoms with Gasteiger partial charge < -0.3 is 16.4 Å². The Bertz CT molecular complexity index is 1070. The summed E-state index contributed by atoms with van der Waals surface area (Å²) in [6, 6.07) is 10.3. The first-order valence-corrected chi connectivity index (χ1v) is 10.1. The van der Waals surface area contributed by atoms with Crippen LogP contribution in [0.1, 0.15) is 36.0 Å². The molecule has 0 saturated heterocycles. The number of pyridine rings is 1. The number of nitrogens with one attached hydrogen (secondary N) is 2. The van der Waals surface area contributed by atoms with E-state index in [4.69, 9.17) is 17.3 Å². The van der Waals surface area contributed by atoms with Crippen LogP contribution in [0.5, 0.6) is 0 Å². The summed E-state index contributed by atoms with van der Waals surface area (Å²) in [6.07, 6.45) is 3.18. The van der Waals surface area contributed by atoms with E-state index < -0.39 is 17.5 Å². The van der Waals surface area contributed by atoms with Crippen molar-refractivity contribution in [1.82, 2.24) is 10.3 Å². The van der Waals surface area contributed by atoms with Crippen LogP contribution in [0.4, 0.5) is 20.3 Å². The summed E-state index contributed by atoms with van der Waals surface area (Å²) in [4.78, 5) is 16.6. The van der Waals surface area contributed by atoms with Gasteiger partial charge in [0.2, 0.25) is 0 Å². The maximum atomic E-state index is 13.3. The van der Waals surface area contributed by atoms with E-state index in [1.54, 1.807) is 6.07 Å². The number of hydrogen-bond acceptors (Lipinski definition) is 4. The molecule has 0 aliphatic heterocycles. The SMILES string of the molecule is Nc1cc(NC2CCC(NC(=O)c3cc(F)cc(F)c3)CC2)c2ccc(Cl)cc2n1. The third-order valence-electron chi connectivity index (χ3n) is 5.34. The zero-order chi connectivity index (χ0) is 21.3. The highest BCUT2D eigenvalue weighted by molar-refractivity contribution is 6.31. The molecule has 2 aromatic carbocycles. The minimum atomic E-state index is -0.766. The Morgan fingerprint density at radius 3 is 2.37 bits per heavy atom. The maximum absolute atomic E-state index is 13.3. The predicted octanol–water partition coefficient (Wildman–Crippen LogP) is 4.90. The number of nitrogens with two attached hydrogens (primary N) is 1. The van der Waals surface area contributed by atoms with Crippen LogP contribution < -0.4 is 16.4 Å². The number of rotatable bonds is 4. The highest BCUT2D eigenvalue weighted by Gasteiger charge is 2.23. The van der Waals surface area contributed by atoms with Crippen LogP contribution in [-0.4, -0.2) is 23.0 Å². The van der Waals surface area contributed by atoms with E-state index in [0.717, 1.165) is 60.5 Å². The highest BCUT2D eigenvalue weighted by Crippen LogP contribution is 2.30. The number of amides is 1. The summed E-state index contributed by atoms with van der Waals surface area (Å²) in [7, 11) is 0. The molecule has 1 aliphatic carbocycles. The van der Waals surface area contributed by atoms with Crippen LogP contribution in [0.2, 0.25) is 5.02 Å². The lowest BCUT2D eigenvalue weighted by atomic mass is 9.90. The van der Waals surface area contributed by atoms with Gasteiger partial charge in [-0.15, -0.1) is 0 Å². The van der Waals surface area contributed by atoms with Crippen molar-refractivity contribution in [3.8, 4) is 0 Å². The second-order valence-electron chi connectivity index (χ2n) is 7.58. The molecule has 0 spiro atoms. The topological polar surface area (TPSA) is 80.0 Å². The van der Waals surface area contributed by atoms with Crippen LogP contribution >= 0.6 is 11.6 Å². The third kappa shape index (κ3) is 4.62. The van der Waals surface area contributed by atoms with Gasteiger partial charge in [0.1, 0.15) is 17.5 Å². The summed E-state index contributed by atoms with van der Waals surface area (Å²) < 4.78 is 26.7. The van der Waals surface area contributed by atoms with Crippen LogP contribution in [0, 0.1) is 11.6 Å². The van der Waals surface area contributed by atoms with Crippen molar-refractivity contribution >= 4 is 39.9 Å². The molecule has 0 radical (unpaired) electrons. The minimum Gasteiger partial charge on any atom is -0.384 e. The number of carbonyl (C=O) groups is 1. The lowest BCUT2D eigenvalue weighted by molar-refractivity contribution is 0.0925. The van der Waals surface area contributed by atoms with Crippen molar-refractivity contribution in [3.05, 3.63) is 64.7 Å². The molecule has 30 heavy (non-hydrogen) atoms. The maximum Gasteiger partial charge on any atom is 0.251 e. The van der Waals surface area contributed by atoms with Crippen LogP contribution in [0.25, 0.3) is 10.9 Å². The second-order valence-corrected chi connectivity index (χ2v) is 8.02. The first-order chi connectivity index (χ1) is 14.4. The average Bonchev–Trinajstić information content (AvgIpc) is 2.68. The predicted molar refractivity (Wildman–Crippen MR) is 115 cm³/mol. The fourth-order valence-corrected chi connectivity index (χ4v) is 4.06. The lowest BCUT2D eigenvalue weighted by Crippen LogP contribution is -2.40. The number of aromatic nitrogens is 1. The lowest BCUT2D eigenvalue weighted by Gasteiger charge is -2.30. The molecule has 3 aromatic rings. The Labute approximate surface area is 177 Å². The Balaban J connectivity index is 1.38. The Morgan fingerprint density at radius 1 is 1.00 bits per heavy atom. The van der Waals surface area contributed by atoms with E-state index >= 15 is 0 Å². The first-order valence-electron chi connectivity index (χ1n) is 9.76. The number of nitrogens with zero attached hydrogens (tertiary/aromatic N) is 1. The molecule has 0 atom stereocenters. The van der Waals surface area contributed by atoms with E-state index in [2.05, 4.69) is 15.6 Å². The number of fused-ring (bicyclic) bond motifs is 1. The average molecular weight is 431 g/mol. The van der Waals surface area contributed by atoms with Gasteiger partial charge in [-0.25, -0.2) is 13.8 Å². The van der Waals surface area contributed by atoms with Crippen LogP contribution in [0.15, 0.2) is 42.5 Å². The van der Waals surface area contributed by atoms with E-state index in [0.29, 0.717) is 10.8 Å². The second kappa shape index (κ2) is 8.44. The molecule has 0 bridgehead atoms. The third-order valence-corrected chi connectivity index (χ3v) is 5.57. The van der Waals surface area contributed by atoms with Gasteiger partial charge in [0.15, 0.2) is 0 Å². The number of nitrogen functional groups attached to an aromatic ring is 1. The van der Waals surface area contributed by atoms with Crippen molar-refractivity contribution in [3.63, 3.8) is 0 Å². The normalized spacial score (nSPS) is 18.9. The van der Waals surface area contributed by atoms with E-state index in [1.165, 1.54) is 0 Å². The van der Waals surface area contributed by atoms with E-state index in [9.17, 15) is 13.6 Å². The molecule has 1 aromatic heterocycles. The number of carbonyl (C=O) groups excluding carboxylic acids is 1. The molecule has 1 heterocycles. The molecular weight excluding hydrogens is 410 g/mol. The fourth-order valence-electron chi connectivity index (χ4n) is 3.90. The van der Waals surface area contributed by atoms with Gasteiger partial charge in [-0.3, -0.25) is 4.79 Å². The summed E-state index contributed by atoms with van der Waals surface area (Å²) in [5.74, 6) is -1.58. The molecule has 5 nitrogen and oxygen atoms in total. The Morgan fingerprint density at radius 2 is 1.67 bits per heavy atom. The van der Waals surface area contributed by atoms with Gasteiger partial charge in [-0.1, -0.05) is 11.6 Å². The van der Waals surface area contributed by atoms with Crippen molar-refractivity contribution in [2.24, 2.45) is 0 Å². The largest absolute Gasteiger partial charge is 0.384 e. The zero-order valence-corrected chi connectivity index (χ0v) is 16.8. The molecule has 1 saturated carbocycles. The van der Waals surface area contributed by atoms with Gasteiger partial charge in [0, 0.05) is 45.9 Å². The van der Waals surface area contributed by atoms with Gasteiger partial charge in [-0.2, -0.15) is 0 Å². The van der Waals surface area contributed by atoms with Gasteiger partial charge in [0.05, 0.1) is 5.52 Å². The quantitative estimate of drug-likeness (QED) is 0.550. The molecule has 4 N–H and O–H groups in total. The van der Waals surface area contributed by atoms with E-state index in [-0.39, 0.29) is 17.6 Å². The van der Waals surface area contributed by atoms with E-state index in [1.807, 2.05) is 18.2 Å². The molecule has 1 fully saturated rings. The summed E-state index contributed by atoms with van der Waals surface area (Å²) in [5, 5.41) is 7.94. The number of benzene rings is 2. The number of hydrogen-bond donors (Lipinski definition) is 3. The number of anilines is 2. The minimum absolute atomic E-state index is 0.00913. The van der Waals surface area contributed by atoms with Crippen molar-refractivity contribution in [2.75, 3.05) is 11.1 Å². The zero-order valence-electron chi connectivity index (χ0n) is 16.1. The molecule has 8 heteroatoms. The summed E-state index contributed by atoms with van der Waals surface area (Å²) >= 11 is 6.06. The number of halogens is 3. The molecule has 156 valence electrons. The summed E-state index contributed by atoms with van der Waals surface area (Å²) in [5.41, 5.74) is 7.56. The van der Waals surface area contributed by atoms with Crippen molar-refractivity contribution < 1.29 is 13.6 Å². The Kier molecular flexibility index (Phi) is 5.72. The van der Waals surface area contributed by atoms with Crippen LogP contribution in [0.3, 0.4) is 0 Å². The fraction of sp³-hybridized carbons (Fsp3) is 0.273. The van der Waals surface area contributed by atoms with Crippen LogP contribution in [-0.2, 0) is 0 Å². The molecule has 1 amide bonds. The van der Waals surface area contributed by atoms with Gasteiger partial charge in [0.25, 0.3) is 5.91 Å². The Hall–Kier alpha value is -2.93. The molecular formula is C22H21ClF2N4O. The van der Waals surface area contributed by atoms with Crippen molar-refractivity contribution in [2.45, 2.75) is 37.8 Å². The van der Waals surface area contributed by atoms with Crippen molar-refractivity contribution in [1.29, 1.82) is 0 Å². The van der Waals surface area contributed by atoms with Gasteiger partial charge in [-0.05, 0) is 56.0 Å². The smallest absolute Gasteiger partial charge is 0.251 e. The highest BCUT2D eigenvalue weighted by atomic mass is 35.5. The molecule has 4 rings (SSSR count).